The van der Waals surface area contributed by atoms with E-state index >= 15 is 0 Å². The molecule has 1 aliphatic carbocycles. The van der Waals surface area contributed by atoms with Gasteiger partial charge in [0.1, 0.15) is 16.5 Å². The average Bonchev–Trinajstić information content (AvgIpc) is 3.22. The van der Waals surface area contributed by atoms with Crippen molar-refractivity contribution in [3.8, 4) is 11.4 Å². The van der Waals surface area contributed by atoms with E-state index in [9.17, 15) is 9.90 Å². The summed E-state index contributed by atoms with van der Waals surface area (Å²) in [6.07, 6.45) is 1.93. The number of methoxy groups -OCH3 is 1. The minimum Gasteiger partial charge on any atom is -0.497 e. The van der Waals surface area contributed by atoms with E-state index in [-0.39, 0.29) is 16.6 Å². The van der Waals surface area contributed by atoms with Crippen LogP contribution in [0.3, 0.4) is 0 Å². The number of carboxylic acid groups (broad SMARTS) is 1. The van der Waals surface area contributed by atoms with Crippen molar-refractivity contribution in [1.82, 2.24) is 9.78 Å². The molecule has 0 saturated heterocycles. The van der Waals surface area contributed by atoms with Crippen LogP contribution in [0.4, 0.5) is 0 Å². The Labute approximate surface area is 120 Å². The van der Waals surface area contributed by atoms with Crippen LogP contribution >= 0.6 is 11.6 Å². The lowest BCUT2D eigenvalue weighted by atomic mass is 10.2. The molecule has 1 N–H and O–H groups in total. The Morgan fingerprint density at radius 2 is 2.25 bits per heavy atom. The first-order chi connectivity index (χ1) is 9.61. The van der Waals surface area contributed by atoms with E-state index < -0.39 is 5.97 Å². The summed E-state index contributed by atoms with van der Waals surface area (Å²) < 4.78 is 6.62. The number of benzene rings is 1. The van der Waals surface area contributed by atoms with Crippen LogP contribution in [0.5, 0.6) is 5.75 Å². The van der Waals surface area contributed by atoms with Gasteiger partial charge in [-0.2, -0.15) is 5.10 Å². The summed E-state index contributed by atoms with van der Waals surface area (Å²) in [5.41, 5.74) is 1.37. The Bertz CT molecular complexity index is 677. The van der Waals surface area contributed by atoms with Gasteiger partial charge in [-0.25, -0.2) is 9.48 Å². The fraction of sp³-hybridized carbons (Fsp3) is 0.286. The zero-order valence-corrected chi connectivity index (χ0v) is 11.6. The Morgan fingerprint density at radius 3 is 2.85 bits per heavy atom. The lowest BCUT2D eigenvalue weighted by molar-refractivity contribution is 0.0696. The Morgan fingerprint density at radius 1 is 1.50 bits per heavy atom. The van der Waals surface area contributed by atoms with Crippen molar-refractivity contribution >= 4 is 17.6 Å². The topological polar surface area (TPSA) is 64.4 Å². The van der Waals surface area contributed by atoms with Crippen LogP contribution < -0.4 is 4.74 Å². The van der Waals surface area contributed by atoms with Gasteiger partial charge in [-0.3, -0.25) is 0 Å². The van der Waals surface area contributed by atoms with Gasteiger partial charge in [-0.1, -0.05) is 17.7 Å². The summed E-state index contributed by atoms with van der Waals surface area (Å²) in [7, 11) is 1.57. The van der Waals surface area contributed by atoms with Crippen LogP contribution in [-0.2, 0) is 0 Å². The number of carbonyl (C=O) groups is 1. The third-order valence-electron chi connectivity index (χ3n) is 3.33. The van der Waals surface area contributed by atoms with Crippen molar-refractivity contribution in [3.63, 3.8) is 0 Å². The van der Waals surface area contributed by atoms with E-state index in [1.165, 1.54) is 4.68 Å². The zero-order valence-electron chi connectivity index (χ0n) is 10.8. The quantitative estimate of drug-likeness (QED) is 0.940. The van der Waals surface area contributed by atoms with Gasteiger partial charge in [0.15, 0.2) is 0 Å². The molecule has 6 heteroatoms. The monoisotopic (exact) mass is 292 g/mol. The van der Waals surface area contributed by atoms with E-state index in [1.54, 1.807) is 19.2 Å². The minimum atomic E-state index is -1.04. The molecule has 1 aromatic carbocycles. The van der Waals surface area contributed by atoms with Gasteiger partial charge in [-0.15, -0.1) is 0 Å². The van der Waals surface area contributed by atoms with Gasteiger partial charge >= 0.3 is 5.97 Å². The average molecular weight is 293 g/mol. The van der Waals surface area contributed by atoms with Crippen molar-refractivity contribution < 1.29 is 14.6 Å². The summed E-state index contributed by atoms with van der Waals surface area (Å²) in [6, 6.07) is 7.19. The number of hydrogen-bond donors (Lipinski definition) is 1. The summed E-state index contributed by atoms with van der Waals surface area (Å²) >= 11 is 6.21. The van der Waals surface area contributed by atoms with Gasteiger partial charge in [-0.05, 0) is 25.0 Å². The molecule has 5 nitrogen and oxygen atoms in total. The number of halogens is 1. The van der Waals surface area contributed by atoms with Gasteiger partial charge in [0, 0.05) is 12.0 Å². The molecule has 1 aliphatic rings. The van der Waals surface area contributed by atoms with Gasteiger partial charge in [0.25, 0.3) is 0 Å². The number of aromatic nitrogens is 2. The van der Waals surface area contributed by atoms with E-state index in [0.717, 1.165) is 12.8 Å². The maximum absolute atomic E-state index is 11.4. The van der Waals surface area contributed by atoms with E-state index in [0.29, 0.717) is 17.1 Å². The SMILES string of the molecule is COc1cccc(-n2nc(C3CC3)c(C(=O)O)c2Cl)c1. The zero-order chi connectivity index (χ0) is 14.3. The van der Waals surface area contributed by atoms with Crippen molar-refractivity contribution in [3.05, 3.63) is 40.7 Å². The van der Waals surface area contributed by atoms with Crippen LogP contribution in [0.1, 0.15) is 34.8 Å². The number of rotatable bonds is 4. The Balaban J connectivity index is 2.13. The summed E-state index contributed by atoms with van der Waals surface area (Å²) in [4.78, 5) is 11.4. The summed E-state index contributed by atoms with van der Waals surface area (Å²) in [5, 5.41) is 13.8. The molecule has 0 amide bonds. The molecule has 0 radical (unpaired) electrons. The highest BCUT2D eigenvalue weighted by atomic mass is 35.5. The standard InChI is InChI=1S/C14H13ClN2O3/c1-20-10-4-2-3-9(7-10)17-13(15)11(14(18)19)12(16-17)8-5-6-8/h2-4,7-8H,5-6H2,1H3,(H,18,19). The fourth-order valence-electron chi connectivity index (χ4n) is 2.17. The highest BCUT2D eigenvalue weighted by molar-refractivity contribution is 6.33. The highest BCUT2D eigenvalue weighted by Gasteiger charge is 2.34. The number of ether oxygens (including phenoxy) is 1. The third kappa shape index (κ3) is 2.14. The normalized spacial score (nSPS) is 14.3. The largest absolute Gasteiger partial charge is 0.497 e. The fourth-order valence-corrected chi connectivity index (χ4v) is 2.48. The molecule has 0 atom stereocenters. The number of carboxylic acids is 1. The summed E-state index contributed by atoms with van der Waals surface area (Å²) in [6.45, 7) is 0. The first-order valence-corrected chi connectivity index (χ1v) is 6.65. The van der Waals surface area contributed by atoms with Crippen molar-refractivity contribution in [2.45, 2.75) is 18.8 Å². The van der Waals surface area contributed by atoms with Crippen LogP contribution in [-0.4, -0.2) is 28.0 Å². The molecule has 0 spiro atoms. The third-order valence-corrected chi connectivity index (χ3v) is 3.68. The molecule has 0 bridgehead atoms. The van der Waals surface area contributed by atoms with Crippen molar-refractivity contribution in [2.24, 2.45) is 0 Å². The molecule has 1 aromatic heterocycles. The number of aromatic carboxylic acids is 1. The Kier molecular flexibility index (Phi) is 3.14. The predicted molar refractivity (Wildman–Crippen MR) is 74.1 cm³/mol. The maximum atomic E-state index is 11.4. The second-order valence-electron chi connectivity index (χ2n) is 4.74. The van der Waals surface area contributed by atoms with Crippen LogP contribution in [0, 0.1) is 0 Å². The molecular weight excluding hydrogens is 280 g/mol. The molecule has 3 rings (SSSR count). The molecule has 0 aliphatic heterocycles. The Hall–Kier alpha value is -2.01. The molecule has 1 fully saturated rings. The van der Waals surface area contributed by atoms with Crippen LogP contribution in [0.25, 0.3) is 5.69 Å². The lowest BCUT2D eigenvalue weighted by Crippen LogP contribution is -2.00. The molecule has 0 unspecified atom stereocenters. The predicted octanol–water partition coefficient (Wildman–Crippen LogP) is 3.11. The van der Waals surface area contributed by atoms with E-state index in [2.05, 4.69) is 5.10 Å². The molecule has 20 heavy (non-hydrogen) atoms. The number of hydrogen-bond acceptors (Lipinski definition) is 3. The molecule has 104 valence electrons. The second-order valence-corrected chi connectivity index (χ2v) is 5.10. The van der Waals surface area contributed by atoms with Crippen LogP contribution in [0.2, 0.25) is 5.15 Å². The van der Waals surface area contributed by atoms with Gasteiger partial charge in [0.2, 0.25) is 0 Å². The number of nitrogens with zero attached hydrogens (tertiary/aromatic N) is 2. The first-order valence-electron chi connectivity index (χ1n) is 6.28. The van der Waals surface area contributed by atoms with Crippen molar-refractivity contribution in [1.29, 1.82) is 0 Å². The molecule has 2 aromatic rings. The van der Waals surface area contributed by atoms with E-state index in [1.807, 2.05) is 12.1 Å². The minimum absolute atomic E-state index is 0.108. The van der Waals surface area contributed by atoms with Crippen LogP contribution in [0.15, 0.2) is 24.3 Å². The molecular formula is C14H13ClN2O3. The summed E-state index contributed by atoms with van der Waals surface area (Å²) in [5.74, 6) is -0.157. The lowest BCUT2D eigenvalue weighted by Gasteiger charge is -2.05. The van der Waals surface area contributed by atoms with E-state index in [4.69, 9.17) is 16.3 Å². The van der Waals surface area contributed by atoms with Gasteiger partial charge in [0.05, 0.1) is 18.5 Å². The van der Waals surface area contributed by atoms with Crippen molar-refractivity contribution in [2.75, 3.05) is 7.11 Å². The maximum Gasteiger partial charge on any atom is 0.340 e. The van der Waals surface area contributed by atoms with Gasteiger partial charge < -0.3 is 9.84 Å². The smallest absolute Gasteiger partial charge is 0.340 e. The second kappa shape index (κ2) is 4.83. The molecule has 1 saturated carbocycles. The highest BCUT2D eigenvalue weighted by Crippen LogP contribution is 2.43. The first kappa shape index (κ1) is 13.0. The molecule has 1 heterocycles.